The minimum absolute atomic E-state index is 0.310. The molecule has 4 rings (SSSR count). The average Bonchev–Trinajstić information content (AvgIpc) is 3.06. The van der Waals surface area contributed by atoms with E-state index in [-0.39, 0.29) is 22.2 Å². The van der Waals surface area contributed by atoms with Crippen molar-refractivity contribution >= 4 is 32.3 Å². The SMILES string of the molecule is CN(C)CCn1c(=O)c2cc3cc4c(=O)n(CCN(C)C)c(=O)c4cc3cc2c1=O. The van der Waals surface area contributed by atoms with Crippen molar-refractivity contribution < 1.29 is 0 Å². The molecule has 0 aliphatic heterocycles. The number of rotatable bonds is 6. The van der Waals surface area contributed by atoms with Gasteiger partial charge < -0.3 is 9.80 Å². The largest absolute Gasteiger partial charge is 0.308 e. The van der Waals surface area contributed by atoms with Crippen molar-refractivity contribution in [2.24, 2.45) is 0 Å². The summed E-state index contributed by atoms with van der Waals surface area (Å²) in [5.41, 5.74) is -1.30. The molecule has 30 heavy (non-hydrogen) atoms. The first-order valence-electron chi connectivity index (χ1n) is 9.82. The van der Waals surface area contributed by atoms with Crippen LogP contribution in [0, 0.1) is 0 Å². The van der Waals surface area contributed by atoms with E-state index in [0.29, 0.717) is 58.5 Å². The summed E-state index contributed by atoms with van der Waals surface area (Å²) in [4.78, 5) is 54.9. The molecule has 0 saturated carbocycles. The van der Waals surface area contributed by atoms with Gasteiger partial charge in [-0.25, -0.2) is 0 Å². The summed E-state index contributed by atoms with van der Waals surface area (Å²) in [7, 11) is 7.52. The average molecular weight is 408 g/mol. The maximum atomic E-state index is 12.8. The van der Waals surface area contributed by atoms with E-state index in [9.17, 15) is 19.2 Å². The van der Waals surface area contributed by atoms with Gasteiger partial charge in [-0.3, -0.25) is 28.3 Å². The first-order chi connectivity index (χ1) is 14.2. The molecule has 0 spiro atoms. The van der Waals surface area contributed by atoms with E-state index < -0.39 is 0 Å². The van der Waals surface area contributed by atoms with Crippen LogP contribution >= 0.6 is 0 Å². The summed E-state index contributed by atoms with van der Waals surface area (Å²) >= 11 is 0. The monoisotopic (exact) mass is 408 g/mol. The fourth-order valence-corrected chi connectivity index (χ4v) is 3.83. The second kappa shape index (κ2) is 7.30. The summed E-state index contributed by atoms with van der Waals surface area (Å²) in [6.07, 6.45) is 0. The molecule has 4 aromatic rings. The van der Waals surface area contributed by atoms with Gasteiger partial charge in [0.2, 0.25) is 0 Å². The third kappa shape index (κ3) is 3.18. The number of likely N-dealkylation sites (N-methyl/N-ethyl adjacent to an activating group) is 2. The van der Waals surface area contributed by atoms with E-state index in [4.69, 9.17) is 0 Å². The first-order valence-corrected chi connectivity index (χ1v) is 9.82. The van der Waals surface area contributed by atoms with Gasteiger partial charge in [-0.05, 0) is 63.2 Å². The van der Waals surface area contributed by atoms with Crippen LogP contribution in [0.4, 0.5) is 0 Å². The van der Waals surface area contributed by atoms with Gasteiger partial charge in [-0.2, -0.15) is 0 Å². The Morgan fingerprint density at radius 3 is 1.07 bits per heavy atom. The molecule has 0 aliphatic carbocycles. The zero-order valence-corrected chi connectivity index (χ0v) is 17.6. The van der Waals surface area contributed by atoms with Crippen LogP contribution in [0.5, 0.6) is 0 Å². The number of benzene rings is 2. The number of nitrogens with zero attached hydrogens (tertiary/aromatic N) is 4. The van der Waals surface area contributed by atoms with Crippen LogP contribution in [0.15, 0.2) is 43.4 Å². The third-order valence-corrected chi connectivity index (χ3v) is 5.56. The molecule has 2 aromatic carbocycles. The second-order valence-electron chi connectivity index (χ2n) is 8.27. The predicted molar refractivity (Wildman–Crippen MR) is 120 cm³/mol. The Hall–Kier alpha value is -3.10. The van der Waals surface area contributed by atoms with Crippen LogP contribution in [-0.2, 0) is 13.1 Å². The minimum atomic E-state index is -0.325. The van der Waals surface area contributed by atoms with Crippen LogP contribution < -0.4 is 22.2 Å². The molecule has 2 heterocycles. The van der Waals surface area contributed by atoms with Gasteiger partial charge >= 0.3 is 0 Å². The molecular weight excluding hydrogens is 384 g/mol. The molecule has 0 atom stereocenters. The molecule has 0 unspecified atom stereocenters. The molecule has 8 nitrogen and oxygen atoms in total. The van der Waals surface area contributed by atoms with Crippen molar-refractivity contribution in [2.75, 3.05) is 41.3 Å². The van der Waals surface area contributed by atoms with Crippen molar-refractivity contribution in [3.05, 3.63) is 65.7 Å². The highest BCUT2D eigenvalue weighted by molar-refractivity contribution is 6.04. The highest BCUT2D eigenvalue weighted by Crippen LogP contribution is 2.23. The van der Waals surface area contributed by atoms with Gasteiger partial charge in [0.05, 0.1) is 21.5 Å². The van der Waals surface area contributed by atoms with Crippen molar-refractivity contribution in [3.8, 4) is 0 Å². The molecule has 2 aromatic heterocycles. The summed E-state index contributed by atoms with van der Waals surface area (Å²) in [5.74, 6) is 0. The van der Waals surface area contributed by atoms with Crippen LogP contribution in [0.1, 0.15) is 0 Å². The molecular formula is C22H24N4O4. The van der Waals surface area contributed by atoms with Gasteiger partial charge in [0.25, 0.3) is 22.2 Å². The van der Waals surface area contributed by atoms with Crippen molar-refractivity contribution in [1.82, 2.24) is 18.9 Å². The topological polar surface area (TPSA) is 84.6 Å². The van der Waals surface area contributed by atoms with Crippen LogP contribution in [-0.4, -0.2) is 60.2 Å². The molecule has 0 fully saturated rings. The van der Waals surface area contributed by atoms with Crippen LogP contribution in [0.25, 0.3) is 32.3 Å². The molecule has 0 bridgehead atoms. The lowest BCUT2D eigenvalue weighted by Gasteiger charge is -2.08. The summed E-state index contributed by atoms with van der Waals surface area (Å²) in [6.45, 7) is 1.77. The lowest BCUT2D eigenvalue weighted by Crippen LogP contribution is -2.30. The van der Waals surface area contributed by atoms with E-state index in [1.165, 1.54) is 9.13 Å². The number of hydrogen-bond acceptors (Lipinski definition) is 6. The van der Waals surface area contributed by atoms with Crippen LogP contribution in [0.3, 0.4) is 0 Å². The fraction of sp³-hybridized carbons (Fsp3) is 0.364. The van der Waals surface area contributed by atoms with Crippen molar-refractivity contribution in [3.63, 3.8) is 0 Å². The lowest BCUT2D eigenvalue weighted by molar-refractivity contribution is 0.380. The van der Waals surface area contributed by atoms with E-state index in [2.05, 4.69) is 0 Å². The Kier molecular flexibility index (Phi) is 4.91. The first kappa shape index (κ1) is 20.2. The molecule has 0 N–H and O–H groups in total. The number of hydrogen-bond donors (Lipinski definition) is 0. The molecule has 0 radical (unpaired) electrons. The van der Waals surface area contributed by atoms with Gasteiger partial charge in [0.15, 0.2) is 0 Å². The van der Waals surface area contributed by atoms with E-state index >= 15 is 0 Å². The highest BCUT2D eigenvalue weighted by Gasteiger charge is 2.17. The van der Waals surface area contributed by atoms with Gasteiger partial charge in [-0.1, -0.05) is 0 Å². The van der Waals surface area contributed by atoms with Crippen molar-refractivity contribution in [2.45, 2.75) is 13.1 Å². The second-order valence-corrected chi connectivity index (χ2v) is 8.27. The van der Waals surface area contributed by atoms with E-state index in [1.807, 2.05) is 38.0 Å². The zero-order valence-electron chi connectivity index (χ0n) is 17.6. The summed E-state index contributed by atoms with van der Waals surface area (Å²) in [6, 6.07) is 6.62. The van der Waals surface area contributed by atoms with Gasteiger partial charge in [-0.15, -0.1) is 0 Å². The Morgan fingerprint density at radius 1 is 0.567 bits per heavy atom. The fourth-order valence-electron chi connectivity index (χ4n) is 3.83. The van der Waals surface area contributed by atoms with E-state index in [0.717, 1.165) is 0 Å². The smallest absolute Gasteiger partial charge is 0.261 e. The van der Waals surface area contributed by atoms with Crippen LogP contribution in [0.2, 0.25) is 0 Å². The number of aromatic nitrogens is 2. The Labute approximate surface area is 171 Å². The zero-order chi connectivity index (χ0) is 21.7. The Balaban J connectivity index is 1.93. The summed E-state index contributed by atoms with van der Waals surface area (Å²) in [5, 5.41) is 2.69. The standard InChI is InChI=1S/C22H24N4O4/c1-23(2)5-7-25-19(27)15-9-13-11-17-18(12-14(13)10-16(15)20(25)28)22(30)26(21(17)29)8-6-24(3)4/h9-12H,5-8H2,1-4H3. The van der Waals surface area contributed by atoms with Gasteiger partial charge in [0, 0.05) is 26.2 Å². The lowest BCUT2D eigenvalue weighted by atomic mass is 10.0. The molecule has 0 aliphatic rings. The number of fused-ring (bicyclic) bond motifs is 3. The predicted octanol–water partition coefficient (Wildman–Crippen LogP) is 0.189. The quantitative estimate of drug-likeness (QED) is 0.453. The Morgan fingerprint density at radius 2 is 0.833 bits per heavy atom. The normalized spacial score (nSPS) is 12.3. The molecule has 156 valence electrons. The maximum Gasteiger partial charge on any atom is 0.261 e. The molecule has 0 saturated heterocycles. The van der Waals surface area contributed by atoms with Crippen molar-refractivity contribution in [1.29, 1.82) is 0 Å². The highest BCUT2D eigenvalue weighted by atomic mass is 16.2. The minimum Gasteiger partial charge on any atom is -0.308 e. The maximum absolute atomic E-state index is 12.8. The van der Waals surface area contributed by atoms with E-state index in [1.54, 1.807) is 24.3 Å². The molecule has 8 heteroatoms. The molecule has 0 amide bonds. The van der Waals surface area contributed by atoms with Gasteiger partial charge in [0.1, 0.15) is 0 Å². The third-order valence-electron chi connectivity index (χ3n) is 5.56. The summed E-state index contributed by atoms with van der Waals surface area (Å²) < 4.78 is 2.49. The Bertz CT molecular complexity index is 1280.